The van der Waals surface area contributed by atoms with E-state index in [1.165, 1.54) is 0 Å². The van der Waals surface area contributed by atoms with Crippen LogP contribution < -0.4 is 10.6 Å². The van der Waals surface area contributed by atoms with Crippen LogP contribution in [0.4, 0.5) is 0 Å². The highest BCUT2D eigenvalue weighted by atomic mass is 80.0. The molecule has 0 aliphatic rings. The Morgan fingerprint density at radius 2 is 1.25 bits per heavy atom. The molecule has 1 aromatic carbocycles. The number of alkyl halides is 3. The van der Waals surface area contributed by atoms with Crippen molar-refractivity contribution in [2.75, 3.05) is 26.4 Å². The fourth-order valence-corrected chi connectivity index (χ4v) is 9.49. The molecule has 12 heteroatoms. The molecule has 6 nitrogen and oxygen atoms in total. The lowest BCUT2D eigenvalue weighted by molar-refractivity contribution is 0.229. The van der Waals surface area contributed by atoms with E-state index in [1.54, 1.807) is 40.7 Å². The molecule has 0 aliphatic heterocycles. The molecule has 0 spiro atoms. The lowest BCUT2D eigenvalue weighted by Crippen LogP contribution is -2.28. The van der Waals surface area contributed by atoms with Crippen molar-refractivity contribution in [3.8, 4) is 0 Å². The van der Waals surface area contributed by atoms with E-state index >= 15 is 0 Å². The minimum absolute atomic E-state index is 0.180. The fraction of sp³-hybridized carbons (Fsp3) is 0.625. The van der Waals surface area contributed by atoms with Crippen LogP contribution in [0.5, 0.6) is 0 Å². The van der Waals surface area contributed by atoms with Gasteiger partial charge in [-0.15, -0.1) is 0 Å². The third kappa shape index (κ3) is 6.24. The average Bonchev–Trinajstić information content (AvgIpc) is 2.54. The van der Waals surface area contributed by atoms with E-state index in [1.807, 2.05) is 0 Å². The highest BCUT2D eigenvalue weighted by Gasteiger charge is 2.41. The molecule has 162 valence electrons. The molecule has 0 radical (unpaired) electrons. The minimum Gasteiger partial charge on any atom is -0.305 e. The fourth-order valence-electron chi connectivity index (χ4n) is 2.56. The van der Waals surface area contributed by atoms with Gasteiger partial charge in [-0.25, -0.2) is 0 Å². The molecule has 0 unspecified atom stereocenters. The third-order valence-electron chi connectivity index (χ3n) is 3.54. The molecule has 1 aromatic rings. The zero-order chi connectivity index (χ0) is 21.8. The van der Waals surface area contributed by atoms with Gasteiger partial charge < -0.3 is 18.1 Å². The van der Waals surface area contributed by atoms with Gasteiger partial charge in [-0.3, -0.25) is 9.13 Å². The van der Waals surface area contributed by atoms with Crippen LogP contribution in [0.25, 0.3) is 0 Å². The summed E-state index contributed by atoms with van der Waals surface area (Å²) in [5.41, 5.74) is 1.03. The molecule has 28 heavy (non-hydrogen) atoms. The summed E-state index contributed by atoms with van der Waals surface area (Å²) in [5.74, 6) is 0. The predicted octanol–water partition coefficient (Wildman–Crippen LogP) is 6.84. The minimum atomic E-state index is -3.72. The monoisotopic (exact) mass is 690 g/mol. The van der Waals surface area contributed by atoms with Crippen LogP contribution in [0.15, 0.2) is 10.5 Å². The Labute approximate surface area is 200 Å². The number of benzene rings is 1. The molecular formula is C16H24Br4O6P2. The van der Waals surface area contributed by atoms with Crippen molar-refractivity contribution in [1.29, 1.82) is 0 Å². The Hall–Kier alpha value is 1.44. The smallest absolute Gasteiger partial charge is 0.305 e. The first-order valence-corrected chi connectivity index (χ1v) is 14.9. The van der Waals surface area contributed by atoms with Crippen molar-refractivity contribution in [3.63, 3.8) is 0 Å². The molecule has 0 amide bonds. The van der Waals surface area contributed by atoms with Gasteiger partial charge in [0.1, 0.15) is 0 Å². The first kappa shape index (κ1) is 27.5. The summed E-state index contributed by atoms with van der Waals surface area (Å²) < 4.78 is 49.0. The predicted molar refractivity (Wildman–Crippen MR) is 128 cm³/mol. The van der Waals surface area contributed by atoms with E-state index < -0.39 is 17.3 Å². The summed E-state index contributed by atoms with van der Waals surface area (Å²) in [6, 6.07) is 1.68. The molecule has 0 aliphatic carbocycles. The summed E-state index contributed by atoms with van der Waals surface area (Å²) >= 11 is 14.0. The molecule has 0 aromatic heterocycles. The Bertz CT molecular complexity index is 761. The maximum Gasteiger partial charge on any atom is 0.362 e. The van der Waals surface area contributed by atoms with Crippen molar-refractivity contribution in [2.24, 2.45) is 0 Å². The summed E-state index contributed by atoms with van der Waals surface area (Å²) in [7, 11) is -7.39. The molecule has 0 atom stereocenters. The Kier molecular flexibility index (Phi) is 11.1. The summed E-state index contributed by atoms with van der Waals surface area (Å²) in [6.45, 7) is 9.37. The van der Waals surface area contributed by atoms with Crippen LogP contribution in [0, 0.1) is 6.92 Å². The van der Waals surface area contributed by atoms with Crippen LogP contribution in [-0.4, -0.2) is 26.4 Å². The highest BCUT2D eigenvalue weighted by Crippen LogP contribution is 2.56. The van der Waals surface area contributed by atoms with Gasteiger partial charge in [0, 0.05) is 10.0 Å². The topological polar surface area (TPSA) is 71.1 Å². The largest absolute Gasteiger partial charge is 0.362 e. The molecule has 0 heterocycles. The first-order chi connectivity index (χ1) is 12.9. The molecule has 0 saturated heterocycles. The Morgan fingerprint density at radius 3 is 1.61 bits per heavy atom. The van der Waals surface area contributed by atoms with Gasteiger partial charge in [0.15, 0.2) is 2.14 Å². The first-order valence-electron chi connectivity index (χ1n) is 8.61. The van der Waals surface area contributed by atoms with Gasteiger partial charge in [0.25, 0.3) is 0 Å². The maximum absolute atomic E-state index is 13.6. The molecule has 1 rings (SSSR count). The van der Waals surface area contributed by atoms with E-state index in [-0.39, 0.29) is 31.7 Å². The molecule has 0 fully saturated rings. The van der Waals surface area contributed by atoms with Crippen molar-refractivity contribution in [3.05, 3.63) is 21.7 Å². The molecular weight excluding hydrogens is 670 g/mol. The van der Waals surface area contributed by atoms with Gasteiger partial charge in [-0.2, -0.15) is 0 Å². The SMILES string of the molecule is CCOP(=O)(OCC)c1cc(C(Br)(Br)Br)c(Br)c(P(=O)(OCC)OCC)c1C. The number of rotatable bonds is 10. The van der Waals surface area contributed by atoms with Crippen LogP contribution in [-0.2, 0) is 29.4 Å². The van der Waals surface area contributed by atoms with E-state index in [4.69, 9.17) is 18.1 Å². The summed E-state index contributed by atoms with van der Waals surface area (Å²) in [4.78, 5) is 0. The van der Waals surface area contributed by atoms with Crippen LogP contribution in [0.3, 0.4) is 0 Å². The number of hydrogen-bond acceptors (Lipinski definition) is 6. The van der Waals surface area contributed by atoms with Crippen molar-refractivity contribution in [2.45, 2.75) is 36.8 Å². The molecule has 0 N–H and O–H groups in total. The van der Waals surface area contributed by atoms with Crippen molar-refractivity contribution < 1.29 is 27.2 Å². The lowest BCUT2D eigenvalue weighted by Gasteiger charge is -2.28. The standard InChI is InChI=1S/C16H24Br4O6P2/c1-6-23-27(21,24-7-2)13-10-12(16(18,19)20)14(17)15(11(13)5)28(22,25-8-3)26-9-4/h10H,6-9H2,1-5H3. The zero-order valence-corrected chi connectivity index (χ0v) is 24.4. The second-order valence-electron chi connectivity index (χ2n) is 5.39. The van der Waals surface area contributed by atoms with Gasteiger partial charge in [0.2, 0.25) is 0 Å². The van der Waals surface area contributed by atoms with E-state index in [9.17, 15) is 9.13 Å². The van der Waals surface area contributed by atoms with E-state index in [0.29, 0.717) is 20.9 Å². The average molecular weight is 694 g/mol. The number of halogens is 4. The van der Waals surface area contributed by atoms with Gasteiger partial charge in [-0.05, 0) is 62.2 Å². The summed E-state index contributed by atoms with van der Waals surface area (Å²) in [5, 5.41) is 0.581. The normalized spacial score (nSPS) is 13.2. The van der Waals surface area contributed by atoms with Crippen LogP contribution in [0.1, 0.15) is 38.8 Å². The van der Waals surface area contributed by atoms with Crippen LogP contribution in [0.2, 0.25) is 0 Å². The van der Waals surface area contributed by atoms with E-state index in [2.05, 4.69) is 63.7 Å². The second-order valence-corrected chi connectivity index (χ2v) is 16.9. The van der Waals surface area contributed by atoms with E-state index in [0.717, 1.165) is 0 Å². The Balaban J connectivity index is 4.01. The van der Waals surface area contributed by atoms with Crippen LogP contribution >= 0.6 is 78.9 Å². The van der Waals surface area contributed by atoms with Crippen molar-refractivity contribution >= 4 is 89.5 Å². The van der Waals surface area contributed by atoms with Gasteiger partial charge in [0.05, 0.1) is 37.0 Å². The number of hydrogen-bond donors (Lipinski definition) is 0. The third-order valence-corrected chi connectivity index (χ3v) is 10.5. The van der Waals surface area contributed by atoms with Crippen molar-refractivity contribution in [1.82, 2.24) is 0 Å². The zero-order valence-electron chi connectivity index (χ0n) is 16.3. The maximum atomic E-state index is 13.6. The molecule has 0 bridgehead atoms. The quantitative estimate of drug-likeness (QED) is 0.198. The second kappa shape index (κ2) is 11.3. The van der Waals surface area contributed by atoms with Gasteiger partial charge >= 0.3 is 15.2 Å². The Morgan fingerprint density at radius 1 is 0.857 bits per heavy atom. The molecule has 0 saturated carbocycles. The summed E-state index contributed by atoms with van der Waals surface area (Å²) in [6.07, 6.45) is 0. The van der Waals surface area contributed by atoms with Gasteiger partial charge in [-0.1, -0.05) is 47.8 Å². The lowest BCUT2D eigenvalue weighted by atomic mass is 10.2. The highest BCUT2D eigenvalue weighted by molar-refractivity contribution is 9.38.